The van der Waals surface area contributed by atoms with Crippen LogP contribution in [0.1, 0.15) is 35.3 Å². The summed E-state index contributed by atoms with van der Waals surface area (Å²) in [6.07, 6.45) is -0.254. The minimum atomic E-state index is -0.729. The van der Waals surface area contributed by atoms with Crippen molar-refractivity contribution >= 4 is 28.9 Å². The highest BCUT2D eigenvalue weighted by Crippen LogP contribution is 2.38. The molecule has 2 N–H and O–H groups in total. The number of halogens is 3. The Morgan fingerprint density at radius 2 is 1.87 bits per heavy atom. The molecular weight excluding hydrogens is 426 g/mol. The number of hydrogen-bond donors (Lipinski definition) is 2. The summed E-state index contributed by atoms with van der Waals surface area (Å²) in [4.78, 5) is 4.75. The fourth-order valence-corrected chi connectivity index (χ4v) is 4.04. The maximum absolute atomic E-state index is 14.7. The molecule has 30 heavy (non-hydrogen) atoms. The number of ether oxygens (including phenoxy) is 1. The molecule has 4 nitrogen and oxygen atoms in total. The average molecular weight is 445 g/mol. The molecule has 3 aromatic rings. The topological polar surface area (TPSA) is 53.8 Å². The zero-order valence-electron chi connectivity index (χ0n) is 16.1. The molecule has 0 amide bonds. The van der Waals surface area contributed by atoms with Crippen LogP contribution < -0.4 is 10.1 Å². The Morgan fingerprint density at radius 3 is 2.57 bits per heavy atom. The third-order valence-corrected chi connectivity index (χ3v) is 5.67. The molecule has 0 unspecified atom stereocenters. The summed E-state index contributed by atoms with van der Waals surface area (Å²) in [6, 6.07) is 16.5. The summed E-state index contributed by atoms with van der Waals surface area (Å²) < 4.78 is 19.9. The molecule has 7 heteroatoms. The van der Waals surface area contributed by atoms with Crippen LogP contribution in [0.25, 0.3) is 0 Å². The van der Waals surface area contributed by atoms with E-state index in [1.54, 1.807) is 37.4 Å². The highest BCUT2D eigenvalue weighted by atomic mass is 35.5. The van der Waals surface area contributed by atoms with Crippen molar-refractivity contribution in [1.82, 2.24) is 5.32 Å². The number of methoxy groups -OCH3 is 1. The van der Waals surface area contributed by atoms with E-state index in [0.29, 0.717) is 17.0 Å². The van der Waals surface area contributed by atoms with E-state index in [9.17, 15) is 9.50 Å². The van der Waals surface area contributed by atoms with Crippen LogP contribution in [-0.4, -0.2) is 17.9 Å². The summed E-state index contributed by atoms with van der Waals surface area (Å²) >= 11 is 12.5. The van der Waals surface area contributed by atoms with Crippen molar-refractivity contribution in [3.8, 4) is 11.5 Å². The number of benzene rings is 3. The maximum Gasteiger partial charge on any atom is 0.131 e. The van der Waals surface area contributed by atoms with Crippen molar-refractivity contribution in [3.05, 3.63) is 93.2 Å². The van der Waals surface area contributed by atoms with Gasteiger partial charge in [0.05, 0.1) is 12.1 Å². The van der Waals surface area contributed by atoms with Gasteiger partial charge in [-0.3, -0.25) is 10.3 Å². The van der Waals surface area contributed by atoms with E-state index in [-0.39, 0.29) is 22.4 Å². The second kappa shape index (κ2) is 8.64. The van der Waals surface area contributed by atoms with Crippen LogP contribution in [0.15, 0.2) is 65.7 Å². The van der Waals surface area contributed by atoms with Crippen molar-refractivity contribution in [3.63, 3.8) is 0 Å². The molecule has 3 aromatic carbocycles. The number of phenols is 1. The molecule has 0 saturated heterocycles. The van der Waals surface area contributed by atoms with Crippen LogP contribution in [-0.2, 0) is 0 Å². The predicted octanol–water partition coefficient (Wildman–Crippen LogP) is 6.07. The lowest BCUT2D eigenvalue weighted by Crippen LogP contribution is -2.33. The zero-order chi connectivity index (χ0) is 21.3. The van der Waals surface area contributed by atoms with Crippen LogP contribution >= 0.6 is 23.2 Å². The number of nitrogens with zero attached hydrogens (tertiary/aromatic N) is 1. The van der Waals surface area contributed by atoms with E-state index in [1.165, 1.54) is 6.07 Å². The lowest BCUT2D eigenvalue weighted by Gasteiger charge is -2.31. The Balaban J connectivity index is 1.80. The van der Waals surface area contributed by atoms with Crippen LogP contribution in [0.4, 0.5) is 4.39 Å². The van der Waals surface area contributed by atoms with Gasteiger partial charge in [0, 0.05) is 34.3 Å². The van der Waals surface area contributed by atoms with Gasteiger partial charge in [-0.2, -0.15) is 0 Å². The lowest BCUT2D eigenvalue weighted by atomic mass is 9.93. The second-order valence-electron chi connectivity index (χ2n) is 6.97. The number of hydrogen-bond acceptors (Lipinski definition) is 4. The monoisotopic (exact) mass is 444 g/mol. The molecule has 4 rings (SSSR count). The largest absolute Gasteiger partial charge is 0.508 e. The highest BCUT2D eigenvalue weighted by molar-refractivity contribution is 6.31. The lowest BCUT2D eigenvalue weighted by molar-refractivity contribution is 0.405. The van der Waals surface area contributed by atoms with Crippen molar-refractivity contribution in [2.24, 2.45) is 4.99 Å². The van der Waals surface area contributed by atoms with E-state index >= 15 is 0 Å². The van der Waals surface area contributed by atoms with Crippen LogP contribution in [0.5, 0.6) is 11.5 Å². The Labute approximate surface area is 183 Å². The van der Waals surface area contributed by atoms with Gasteiger partial charge in [0.1, 0.15) is 23.5 Å². The van der Waals surface area contributed by atoms with E-state index in [0.717, 1.165) is 17.0 Å². The number of nitrogens with one attached hydrogen (secondary N) is 1. The third kappa shape index (κ3) is 4.15. The number of aromatic hydroxyl groups is 1. The molecule has 0 aliphatic carbocycles. The molecule has 1 heterocycles. The van der Waals surface area contributed by atoms with E-state index in [1.807, 2.05) is 24.3 Å². The minimum absolute atomic E-state index is 0.103. The fraction of sp³-hybridized carbons (Fsp3) is 0.174. The van der Waals surface area contributed by atoms with Crippen LogP contribution in [0.2, 0.25) is 10.0 Å². The first-order valence-electron chi connectivity index (χ1n) is 9.35. The smallest absolute Gasteiger partial charge is 0.131 e. The maximum atomic E-state index is 14.7. The summed E-state index contributed by atoms with van der Waals surface area (Å²) in [7, 11) is 1.60. The SMILES string of the molecule is COc1ccc(C2=N[C@H](c3c(F)cccc3Cl)N[C@H](c3cc(Cl)ccc3O)C2)cc1. The molecule has 0 aromatic heterocycles. The van der Waals surface area contributed by atoms with Crippen molar-refractivity contribution in [1.29, 1.82) is 0 Å². The Kier molecular flexibility index (Phi) is 5.95. The van der Waals surface area contributed by atoms with Gasteiger partial charge in [-0.05, 0) is 60.2 Å². The van der Waals surface area contributed by atoms with Crippen LogP contribution in [0.3, 0.4) is 0 Å². The molecule has 0 saturated carbocycles. The van der Waals surface area contributed by atoms with Gasteiger partial charge in [-0.15, -0.1) is 0 Å². The van der Waals surface area contributed by atoms with Crippen molar-refractivity contribution in [2.45, 2.75) is 18.6 Å². The van der Waals surface area contributed by atoms with Gasteiger partial charge in [-0.25, -0.2) is 4.39 Å². The van der Waals surface area contributed by atoms with Crippen LogP contribution in [0, 0.1) is 5.82 Å². The molecule has 1 aliphatic heterocycles. The number of aliphatic imine (C=N–C) groups is 1. The number of rotatable bonds is 4. The summed E-state index contributed by atoms with van der Waals surface area (Å²) in [5.41, 5.74) is 2.50. The molecule has 2 atom stereocenters. The predicted molar refractivity (Wildman–Crippen MR) is 117 cm³/mol. The van der Waals surface area contributed by atoms with Gasteiger partial charge in [0.2, 0.25) is 0 Å². The Morgan fingerprint density at radius 1 is 1.10 bits per heavy atom. The van der Waals surface area contributed by atoms with Gasteiger partial charge in [0.25, 0.3) is 0 Å². The molecule has 154 valence electrons. The Bertz CT molecular complexity index is 1080. The minimum Gasteiger partial charge on any atom is -0.508 e. The first kappa shape index (κ1) is 20.7. The number of phenolic OH excluding ortho intramolecular Hbond substituents is 1. The molecule has 1 aliphatic rings. The van der Waals surface area contributed by atoms with Gasteiger partial charge >= 0.3 is 0 Å². The van der Waals surface area contributed by atoms with E-state index < -0.39 is 12.0 Å². The fourth-order valence-electron chi connectivity index (χ4n) is 3.59. The first-order valence-corrected chi connectivity index (χ1v) is 10.1. The summed E-state index contributed by atoms with van der Waals surface area (Å²) in [6.45, 7) is 0. The average Bonchev–Trinajstić information content (AvgIpc) is 2.75. The quantitative estimate of drug-likeness (QED) is 0.513. The standard InChI is InChI=1S/C23H19Cl2FN2O2/c1-30-15-8-5-13(6-9-15)19-12-20(16-11-14(24)7-10-21(16)29)28-23(27-19)22-17(25)3-2-4-18(22)26/h2-11,20,23,28-29H,12H2,1H3/t20-,23-/m0/s1. The van der Waals surface area contributed by atoms with E-state index in [2.05, 4.69) is 5.32 Å². The van der Waals surface area contributed by atoms with Crippen molar-refractivity contribution in [2.75, 3.05) is 7.11 Å². The van der Waals surface area contributed by atoms with Gasteiger partial charge < -0.3 is 9.84 Å². The summed E-state index contributed by atoms with van der Waals surface area (Å²) in [5.74, 6) is 0.381. The summed E-state index contributed by atoms with van der Waals surface area (Å²) in [5, 5.41) is 14.5. The first-order chi connectivity index (χ1) is 14.5. The molecule has 0 radical (unpaired) electrons. The van der Waals surface area contributed by atoms with Gasteiger partial charge in [0.15, 0.2) is 0 Å². The van der Waals surface area contributed by atoms with Crippen molar-refractivity contribution < 1.29 is 14.2 Å². The zero-order valence-corrected chi connectivity index (χ0v) is 17.6. The van der Waals surface area contributed by atoms with E-state index in [4.69, 9.17) is 32.9 Å². The normalized spacial score (nSPS) is 18.7. The highest BCUT2D eigenvalue weighted by Gasteiger charge is 2.30. The Hall–Kier alpha value is -2.60. The molecular formula is C23H19Cl2FN2O2. The second-order valence-corrected chi connectivity index (χ2v) is 7.81. The van der Waals surface area contributed by atoms with Gasteiger partial charge in [-0.1, -0.05) is 29.3 Å². The molecule has 0 bridgehead atoms. The molecule has 0 fully saturated rings. The molecule has 0 spiro atoms. The third-order valence-electron chi connectivity index (χ3n) is 5.10.